The number of aldehydes is 1. The van der Waals surface area contributed by atoms with Crippen LogP contribution in [-0.2, 0) is 11.3 Å². The Balaban J connectivity index is 2.15. The first kappa shape index (κ1) is 17.0. The minimum Gasteiger partial charge on any atom is -0.507 e. The smallest absolute Gasteiger partial charge is 0.411 e. The van der Waals surface area contributed by atoms with Crippen LogP contribution in [0.1, 0.15) is 22.8 Å². The summed E-state index contributed by atoms with van der Waals surface area (Å²) in [5.74, 6) is -0.204. The number of ether oxygens (including phenoxy) is 2. The second kappa shape index (κ2) is 7.77. The molecule has 124 valence electrons. The van der Waals surface area contributed by atoms with Crippen molar-refractivity contribution < 1.29 is 24.2 Å². The van der Waals surface area contributed by atoms with E-state index in [4.69, 9.17) is 14.9 Å². The van der Waals surface area contributed by atoms with Gasteiger partial charge in [-0.1, -0.05) is 18.2 Å². The summed E-state index contributed by atoms with van der Waals surface area (Å²) >= 11 is 0. The lowest BCUT2D eigenvalue weighted by molar-refractivity contribution is 0.111. The van der Waals surface area contributed by atoms with Crippen LogP contribution in [0.5, 0.6) is 11.5 Å². The van der Waals surface area contributed by atoms with Crippen LogP contribution in [0.2, 0.25) is 0 Å². The van der Waals surface area contributed by atoms with Crippen molar-refractivity contribution in [3.63, 3.8) is 0 Å². The van der Waals surface area contributed by atoms with Crippen LogP contribution < -0.4 is 10.1 Å². The monoisotopic (exact) mass is 328 g/mol. The molecule has 1 amide bonds. The van der Waals surface area contributed by atoms with Gasteiger partial charge < -0.3 is 14.6 Å². The fraction of sp³-hybridized carbons (Fsp3) is 0.118. The van der Waals surface area contributed by atoms with Gasteiger partial charge in [-0.3, -0.25) is 15.5 Å². The number of carbonyl (C=O) groups excluding carboxylic acids is 2. The second-order valence-corrected chi connectivity index (χ2v) is 4.82. The summed E-state index contributed by atoms with van der Waals surface area (Å²) in [6.07, 6.45) is -0.283. The van der Waals surface area contributed by atoms with E-state index in [1.807, 2.05) is 6.07 Å². The zero-order valence-electron chi connectivity index (χ0n) is 12.9. The van der Waals surface area contributed by atoms with Gasteiger partial charge in [-0.15, -0.1) is 0 Å². The van der Waals surface area contributed by atoms with Crippen molar-refractivity contribution in [3.05, 3.63) is 53.6 Å². The van der Waals surface area contributed by atoms with Crippen LogP contribution in [0, 0.1) is 5.41 Å². The van der Waals surface area contributed by atoms with E-state index >= 15 is 0 Å². The van der Waals surface area contributed by atoms with Crippen LogP contribution in [0.25, 0.3) is 0 Å². The summed E-state index contributed by atoms with van der Waals surface area (Å²) in [5.41, 5.74) is 0.682. The molecule has 0 aliphatic heterocycles. The minimum absolute atomic E-state index is 0.0544. The van der Waals surface area contributed by atoms with E-state index in [-0.39, 0.29) is 35.1 Å². The third-order valence-corrected chi connectivity index (χ3v) is 3.04. The molecule has 0 radical (unpaired) electrons. The van der Waals surface area contributed by atoms with Crippen LogP contribution >= 0.6 is 0 Å². The van der Waals surface area contributed by atoms with E-state index in [1.165, 1.54) is 19.1 Å². The SMILES string of the molecule is CC(=N)Oc1ccc(O)c(C=O)c1COC(=O)Nc1ccccc1. The van der Waals surface area contributed by atoms with Gasteiger partial charge in [0, 0.05) is 18.2 Å². The third kappa shape index (κ3) is 4.33. The molecule has 0 saturated carbocycles. The molecule has 2 aromatic carbocycles. The van der Waals surface area contributed by atoms with Gasteiger partial charge in [0.05, 0.1) is 5.56 Å². The maximum Gasteiger partial charge on any atom is 0.411 e. The number of phenolic OH excluding ortho intramolecular Hbond substituents is 1. The van der Waals surface area contributed by atoms with Crippen LogP contribution in [-0.4, -0.2) is 23.4 Å². The molecule has 7 heteroatoms. The predicted octanol–water partition coefficient (Wildman–Crippen LogP) is 3.33. The summed E-state index contributed by atoms with van der Waals surface area (Å²) in [5, 5.41) is 19.7. The highest BCUT2D eigenvalue weighted by molar-refractivity contribution is 5.86. The summed E-state index contributed by atoms with van der Waals surface area (Å²) in [4.78, 5) is 23.0. The molecule has 0 spiro atoms. The van der Waals surface area contributed by atoms with Crippen molar-refractivity contribution in [1.29, 1.82) is 5.41 Å². The molecule has 0 saturated heterocycles. The Kier molecular flexibility index (Phi) is 5.51. The highest BCUT2D eigenvalue weighted by Gasteiger charge is 2.16. The number of hydrogen-bond acceptors (Lipinski definition) is 6. The van der Waals surface area contributed by atoms with Crippen molar-refractivity contribution in [2.75, 3.05) is 5.32 Å². The van der Waals surface area contributed by atoms with Gasteiger partial charge in [-0.05, 0) is 24.3 Å². The summed E-state index contributed by atoms with van der Waals surface area (Å²) in [6, 6.07) is 11.4. The summed E-state index contributed by atoms with van der Waals surface area (Å²) < 4.78 is 10.3. The molecule has 0 aliphatic rings. The molecule has 0 aliphatic carbocycles. The molecule has 0 heterocycles. The molecular formula is C17H16N2O5. The van der Waals surface area contributed by atoms with E-state index in [0.717, 1.165) is 0 Å². The highest BCUT2D eigenvalue weighted by atomic mass is 16.5. The maximum absolute atomic E-state index is 11.8. The number of phenols is 1. The van der Waals surface area contributed by atoms with Crippen LogP contribution in [0.3, 0.4) is 0 Å². The predicted molar refractivity (Wildman–Crippen MR) is 87.8 cm³/mol. The summed E-state index contributed by atoms with van der Waals surface area (Å²) in [7, 11) is 0. The first-order valence-electron chi connectivity index (χ1n) is 7.03. The average Bonchev–Trinajstić information content (AvgIpc) is 2.55. The lowest BCUT2D eigenvalue weighted by Crippen LogP contribution is -2.15. The van der Waals surface area contributed by atoms with Gasteiger partial charge in [0.2, 0.25) is 0 Å². The zero-order chi connectivity index (χ0) is 17.5. The Hall–Kier alpha value is -3.35. The fourth-order valence-electron chi connectivity index (χ4n) is 1.99. The Morgan fingerprint density at radius 2 is 1.96 bits per heavy atom. The maximum atomic E-state index is 11.8. The van der Waals surface area contributed by atoms with Crippen LogP contribution in [0.4, 0.5) is 10.5 Å². The van der Waals surface area contributed by atoms with Gasteiger partial charge in [0.25, 0.3) is 0 Å². The number of aromatic hydroxyl groups is 1. The van der Waals surface area contributed by atoms with Crippen molar-refractivity contribution >= 4 is 24.0 Å². The van der Waals surface area contributed by atoms with Gasteiger partial charge >= 0.3 is 6.09 Å². The number of nitrogens with one attached hydrogen (secondary N) is 2. The standard InChI is InChI=1S/C17H16N2O5/c1-11(18)24-16-8-7-15(21)13(9-20)14(16)10-23-17(22)19-12-5-3-2-4-6-12/h2-9,18,21H,10H2,1H3,(H,19,22). The minimum atomic E-state index is -0.723. The number of amides is 1. The molecule has 7 nitrogen and oxygen atoms in total. The Bertz CT molecular complexity index is 759. The molecule has 2 aromatic rings. The summed E-state index contributed by atoms with van der Waals surface area (Å²) in [6.45, 7) is 1.12. The van der Waals surface area contributed by atoms with Gasteiger partial charge in [-0.2, -0.15) is 0 Å². The van der Waals surface area contributed by atoms with E-state index in [1.54, 1.807) is 24.3 Å². The molecule has 0 aromatic heterocycles. The molecule has 24 heavy (non-hydrogen) atoms. The van der Waals surface area contributed by atoms with Crippen molar-refractivity contribution in [1.82, 2.24) is 0 Å². The number of para-hydroxylation sites is 1. The van der Waals surface area contributed by atoms with E-state index in [9.17, 15) is 14.7 Å². The average molecular weight is 328 g/mol. The van der Waals surface area contributed by atoms with Crippen molar-refractivity contribution in [3.8, 4) is 11.5 Å². The lowest BCUT2D eigenvalue weighted by Gasteiger charge is -2.14. The quantitative estimate of drug-likeness (QED) is 0.443. The van der Waals surface area contributed by atoms with E-state index < -0.39 is 6.09 Å². The lowest BCUT2D eigenvalue weighted by atomic mass is 10.1. The number of hydrogen-bond donors (Lipinski definition) is 3. The molecule has 0 bridgehead atoms. The van der Waals surface area contributed by atoms with Gasteiger partial charge in [0.1, 0.15) is 18.1 Å². The fourth-order valence-corrected chi connectivity index (χ4v) is 1.99. The van der Waals surface area contributed by atoms with Crippen LogP contribution in [0.15, 0.2) is 42.5 Å². The first-order valence-corrected chi connectivity index (χ1v) is 7.03. The number of benzene rings is 2. The Morgan fingerprint density at radius 3 is 2.58 bits per heavy atom. The molecular weight excluding hydrogens is 312 g/mol. The largest absolute Gasteiger partial charge is 0.507 e. The van der Waals surface area contributed by atoms with Crippen molar-refractivity contribution in [2.24, 2.45) is 0 Å². The van der Waals surface area contributed by atoms with E-state index in [2.05, 4.69) is 5.32 Å². The van der Waals surface area contributed by atoms with Crippen molar-refractivity contribution in [2.45, 2.75) is 13.5 Å². The first-order chi connectivity index (χ1) is 11.5. The molecule has 3 N–H and O–H groups in total. The molecule has 2 rings (SSSR count). The molecule has 0 unspecified atom stereocenters. The molecule has 0 atom stereocenters. The Labute approximate surface area is 138 Å². The second-order valence-electron chi connectivity index (χ2n) is 4.82. The Morgan fingerprint density at radius 1 is 1.25 bits per heavy atom. The number of rotatable bonds is 5. The zero-order valence-corrected chi connectivity index (χ0v) is 12.9. The number of anilines is 1. The van der Waals surface area contributed by atoms with Gasteiger partial charge in [-0.25, -0.2) is 4.79 Å². The normalized spacial score (nSPS) is 9.88. The third-order valence-electron chi connectivity index (χ3n) is 3.04. The highest BCUT2D eigenvalue weighted by Crippen LogP contribution is 2.29. The topological polar surface area (TPSA) is 109 Å². The number of carbonyl (C=O) groups is 2. The molecule has 0 fully saturated rings. The van der Waals surface area contributed by atoms with Gasteiger partial charge in [0.15, 0.2) is 12.2 Å². The van der Waals surface area contributed by atoms with E-state index in [0.29, 0.717) is 12.0 Å².